The van der Waals surface area contributed by atoms with Crippen LogP contribution in [0.25, 0.3) is 0 Å². The van der Waals surface area contributed by atoms with Gasteiger partial charge in [0.25, 0.3) is 5.91 Å². The van der Waals surface area contributed by atoms with Gasteiger partial charge >= 0.3 is 0 Å². The van der Waals surface area contributed by atoms with Gasteiger partial charge in [-0.05, 0) is 68.4 Å². The van der Waals surface area contributed by atoms with E-state index in [2.05, 4.69) is 29.3 Å². The minimum absolute atomic E-state index is 0.0283. The highest BCUT2D eigenvalue weighted by molar-refractivity contribution is 5.94. The van der Waals surface area contributed by atoms with E-state index in [9.17, 15) is 4.79 Å². The molecule has 1 aliphatic rings. The largest absolute Gasteiger partial charge is 0.493 e. The van der Waals surface area contributed by atoms with Crippen molar-refractivity contribution in [3.8, 4) is 5.75 Å². The van der Waals surface area contributed by atoms with Crippen molar-refractivity contribution in [1.82, 2.24) is 10.2 Å². The van der Waals surface area contributed by atoms with Crippen LogP contribution in [0.3, 0.4) is 0 Å². The number of nitrogens with one attached hydrogen (secondary N) is 1. The van der Waals surface area contributed by atoms with Gasteiger partial charge in [0.2, 0.25) is 0 Å². The second-order valence-electron chi connectivity index (χ2n) is 6.95. The lowest BCUT2D eigenvalue weighted by molar-refractivity contribution is 0.0942. The minimum Gasteiger partial charge on any atom is -0.493 e. The smallest absolute Gasteiger partial charge is 0.251 e. The van der Waals surface area contributed by atoms with Crippen molar-refractivity contribution in [3.05, 3.63) is 64.2 Å². The SMILES string of the molecule is Cc1ccc(C(=O)NCC(c2ccc3c(c2)CCO3)N(C)C)cc1C. The van der Waals surface area contributed by atoms with Crippen LogP contribution in [0, 0.1) is 13.8 Å². The summed E-state index contributed by atoms with van der Waals surface area (Å²) >= 11 is 0. The summed E-state index contributed by atoms with van der Waals surface area (Å²) in [4.78, 5) is 14.6. The number of fused-ring (bicyclic) bond motifs is 1. The van der Waals surface area contributed by atoms with E-state index in [0.717, 1.165) is 24.3 Å². The second-order valence-corrected chi connectivity index (χ2v) is 6.95. The summed E-state index contributed by atoms with van der Waals surface area (Å²) in [5, 5.41) is 3.08. The Hall–Kier alpha value is -2.33. The molecule has 0 fully saturated rings. The van der Waals surface area contributed by atoms with Crippen molar-refractivity contribution in [1.29, 1.82) is 0 Å². The molecule has 0 aliphatic carbocycles. The molecule has 3 rings (SSSR count). The molecule has 0 spiro atoms. The Morgan fingerprint density at radius 3 is 2.68 bits per heavy atom. The Balaban J connectivity index is 1.72. The Kier molecular flexibility index (Phi) is 5.09. The van der Waals surface area contributed by atoms with Crippen LogP contribution in [0.4, 0.5) is 0 Å². The third-order valence-electron chi connectivity index (χ3n) is 4.95. The van der Waals surface area contributed by atoms with Gasteiger partial charge in [-0.1, -0.05) is 18.2 Å². The Morgan fingerprint density at radius 2 is 1.96 bits per heavy atom. The van der Waals surface area contributed by atoms with Crippen molar-refractivity contribution >= 4 is 5.91 Å². The van der Waals surface area contributed by atoms with Gasteiger partial charge in [-0.2, -0.15) is 0 Å². The van der Waals surface area contributed by atoms with Gasteiger partial charge in [-0.15, -0.1) is 0 Å². The quantitative estimate of drug-likeness (QED) is 0.910. The molecule has 132 valence electrons. The molecule has 0 radical (unpaired) electrons. The third-order valence-corrected chi connectivity index (χ3v) is 4.95. The van der Waals surface area contributed by atoms with Crippen molar-refractivity contribution in [2.24, 2.45) is 0 Å². The summed E-state index contributed by atoms with van der Waals surface area (Å²) in [6, 6.07) is 12.3. The average Bonchev–Trinajstić information content (AvgIpc) is 3.04. The lowest BCUT2D eigenvalue weighted by Gasteiger charge is -2.25. The first kappa shape index (κ1) is 17.5. The number of carbonyl (C=O) groups excluding carboxylic acids is 1. The first-order valence-corrected chi connectivity index (χ1v) is 8.73. The molecule has 0 saturated heterocycles. The predicted molar refractivity (Wildman–Crippen MR) is 100 cm³/mol. The molecule has 2 aromatic rings. The van der Waals surface area contributed by atoms with E-state index in [1.54, 1.807) is 0 Å². The fraction of sp³-hybridized carbons (Fsp3) is 0.381. The molecule has 4 heteroatoms. The van der Waals surface area contributed by atoms with E-state index in [4.69, 9.17) is 4.74 Å². The van der Waals surface area contributed by atoms with Crippen molar-refractivity contribution in [2.45, 2.75) is 26.3 Å². The molecule has 1 unspecified atom stereocenters. The van der Waals surface area contributed by atoms with Crippen LogP contribution in [-0.2, 0) is 6.42 Å². The summed E-state index contributed by atoms with van der Waals surface area (Å²) in [7, 11) is 4.08. The maximum atomic E-state index is 12.5. The number of amides is 1. The monoisotopic (exact) mass is 338 g/mol. The zero-order valence-corrected chi connectivity index (χ0v) is 15.4. The Bertz CT molecular complexity index is 783. The number of hydrogen-bond acceptors (Lipinski definition) is 3. The summed E-state index contributed by atoms with van der Waals surface area (Å²) in [5.41, 5.74) is 5.50. The van der Waals surface area contributed by atoms with Crippen molar-refractivity contribution < 1.29 is 9.53 Å². The van der Waals surface area contributed by atoms with Crippen LogP contribution in [0.15, 0.2) is 36.4 Å². The van der Waals surface area contributed by atoms with Gasteiger partial charge in [0.1, 0.15) is 5.75 Å². The van der Waals surface area contributed by atoms with Crippen LogP contribution in [-0.4, -0.2) is 38.1 Å². The number of aryl methyl sites for hydroxylation is 2. The zero-order valence-electron chi connectivity index (χ0n) is 15.4. The summed E-state index contributed by atoms with van der Waals surface area (Å²) in [6.07, 6.45) is 0.957. The van der Waals surface area contributed by atoms with E-state index < -0.39 is 0 Å². The standard InChI is InChI=1S/C21H26N2O2/c1-14-5-6-18(11-15(14)2)21(24)22-13-19(23(3)4)16-7-8-20-17(12-16)9-10-25-20/h5-8,11-12,19H,9-10,13H2,1-4H3,(H,22,24). The number of hydrogen-bond donors (Lipinski definition) is 1. The van der Waals surface area contributed by atoms with Crippen molar-refractivity contribution in [2.75, 3.05) is 27.2 Å². The summed E-state index contributed by atoms with van der Waals surface area (Å²) < 4.78 is 5.59. The molecule has 1 atom stereocenters. The number of likely N-dealkylation sites (N-methyl/N-ethyl adjacent to an activating group) is 1. The summed E-state index contributed by atoms with van der Waals surface area (Å²) in [5.74, 6) is 0.958. The van der Waals surface area contributed by atoms with Gasteiger partial charge in [-0.3, -0.25) is 4.79 Å². The van der Waals surface area contributed by atoms with Gasteiger partial charge in [-0.25, -0.2) is 0 Å². The fourth-order valence-electron chi connectivity index (χ4n) is 3.19. The number of rotatable bonds is 5. The average molecular weight is 338 g/mol. The molecule has 0 bridgehead atoms. The number of benzene rings is 2. The molecule has 2 aromatic carbocycles. The zero-order chi connectivity index (χ0) is 18.0. The van der Waals surface area contributed by atoms with Gasteiger partial charge in [0.15, 0.2) is 0 Å². The second kappa shape index (κ2) is 7.28. The minimum atomic E-state index is -0.0283. The van der Waals surface area contributed by atoms with Crippen LogP contribution in [0.2, 0.25) is 0 Å². The van der Waals surface area contributed by atoms with E-state index in [1.165, 1.54) is 16.7 Å². The molecule has 0 aromatic heterocycles. The van der Waals surface area contributed by atoms with Crippen molar-refractivity contribution in [3.63, 3.8) is 0 Å². The number of carbonyl (C=O) groups is 1. The highest BCUT2D eigenvalue weighted by Crippen LogP contribution is 2.29. The van der Waals surface area contributed by atoms with Crippen LogP contribution in [0.5, 0.6) is 5.75 Å². The molecule has 25 heavy (non-hydrogen) atoms. The lowest BCUT2D eigenvalue weighted by atomic mass is 10.0. The molecular weight excluding hydrogens is 312 g/mol. The van der Waals surface area contributed by atoms with Gasteiger partial charge < -0.3 is 15.0 Å². The fourth-order valence-corrected chi connectivity index (χ4v) is 3.19. The molecule has 1 heterocycles. The molecule has 4 nitrogen and oxygen atoms in total. The normalized spacial score (nSPS) is 14.1. The van der Waals surface area contributed by atoms with E-state index in [1.807, 2.05) is 45.3 Å². The van der Waals surface area contributed by atoms with Crippen LogP contribution in [0.1, 0.15) is 38.7 Å². The highest BCUT2D eigenvalue weighted by atomic mass is 16.5. The van der Waals surface area contributed by atoms with Crippen LogP contribution < -0.4 is 10.1 Å². The number of nitrogens with zero attached hydrogens (tertiary/aromatic N) is 1. The Labute approximate surface area is 149 Å². The van der Waals surface area contributed by atoms with Gasteiger partial charge in [0.05, 0.1) is 12.6 Å². The molecule has 1 amide bonds. The Morgan fingerprint density at radius 1 is 1.16 bits per heavy atom. The van der Waals surface area contributed by atoms with E-state index in [-0.39, 0.29) is 11.9 Å². The first-order chi connectivity index (χ1) is 12.0. The molecule has 1 N–H and O–H groups in total. The molecule has 1 aliphatic heterocycles. The first-order valence-electron chi connectivity index (χ1n) is 8.73. The predicted octanol–water partition coefficient (Wildman–Crippen LogP) is 3.27. The maximum Gasteiger partial charge on any atom is 0.251 e. The summed E-state index contributed by atoms with van der Waals surface area (Å²) in [6.45, 7) is 5.41. The molecular formula is C21H26N2O2. The maximum absolute atomic E-state index is 12.5. The van der Waals surface area contributed by atoms with Gasteiger partial charge in [0, 0.05) is 18.5 Å². The lowest BCUT2D eigenvalue weighted by Crippen LogP contribution is -2.34. The third kappa shape index (κ3) is 3.85. The highest BCUT2D eigenvalue weighted by Gasteiger charge is 2.19. The number of ether oxygens (including phenoxy) is 1. The molecule has 0 saturated carbocycles. The van der Waals surface area contributed by atoms with E-state index >= 15 is 0 Å². The van der Waals surface area contributed by atoms with Crippen LogP contribution >= 0.6 is 0 Å². The topological polar surface area (TPSA) is 41.6 Å². The van der Waals surface area contributed by atoms with E-state index in [0.29, 0.717) is 12.1 Å².